The largest absolute Gasteiger partial charge is 0.390 e. The molecule has 1 rings (SSSR count). The van der Waals surface area contributed by atoms with E-state index < -0.39 is 16.1 Å². The van der Waals surface area contributed by atoms with Crippen LogP contribution in [0.2, 0.25) is 0 Å². The number of aliphatic hydroxyl groups is 1. The van der Waals surface area contributed by atoms with Crippen LogP contribution in [0.25, 0.3) is 0 Å². The maximum absolute atomic E-state index is 11.7. The molecular weight excluding hydrogens is 242 g/mol. The van der Waals surface area contributed by atoms with Crippen molar-refractivity contribution in [2.75, 3.05) is 20.8 Å². The summed E-state index contributed by atoms with van der Waals surface area (Å²) in [5, 5.41) is 9.63. The van der Waals surface area contributed by atoms with Gasteiger partial charge in [-0.1, -0.05) is 18.2 Å². The maximum atomic E-state index is 11.7. The molecule has 1 aromatic rings. The van der Waals surface area contributed by atoms with Gasteiger partial charge in [0.05, 0.1) is 17.6 Å². The highest BCUT2D eigenvalue weighted by Gasteiger charge is 2.17. The van der Waals surface area contributed by atoms with Crippen molar-refractivity contribution in [2.24, 2.45) is 0 Å². The quantitative estimate of drug-likeness (QED) is 0.762. The van der Waals surface area contributed by atoms with Crippen LogP contribution in [0, 0.1) is 0 Å². The Labute approximate surface area is 101 Å². The molecule has 0 amide bonds. The Kier molecular flexibility index (Phi) is 5.07. The van der Waals surface area contributed by atoms with E-state index in [0.29, 0.717) is 5.56 Å². The molecule has 0 saturated heterocycles. The monoisotopic (exact) mass is 259 g/mol. The minimum atomic E-state index is -3.49. The average molecular weight is 259 g/mol. The number of nitrogens with one attached hydrogen (secondary N) is 1. The summed E-state index contributed by atoms with van der Waals surface area (Å²) in [5.41, 5.74) is 0.575. The molecule has 0 spiro atoms. The fourth-order valence-corrected chi connectivity index (χ4v) is 2.52. The van der Waals surface area contributed by atoms with Crippen LogP contribution in [0.1, 0.15) is 5.56 Å². The Bertz CT molecular complexity index is 458. The third-order valence-corrected chi connectivity index (χ3v) is 3.86. The molecule has 2 N–H and O–H groups in total. The molecule has 5 nitrogen and oxygen atoms in total. The summed E-state index contributed by atoms with van der Waals surface area (Å²) in [7, 11) is -0.647. The van der Waals surface area contributed by atoms with Crippen molar-refractivity contribution in [3.05, 3.63) is 29.8 Å². The molecule has 0 fully saturated rings. The summed E-state index contributed by atoms with van der Waals surface area (Å²) in [6, 6.07) is 6.59. The second-order valence-electron chi connectivity index (χ2n) is 3.63. The highest BCUT2D eigenvalue weighted by molar-refractivity contribution is 7.89. The van der Waals surface area contributed by atoms with Crippen LogP contribution in [0.5, 0.6) is 0 Å². The van der Waals surface area contributed by atoms with E-state index in [0.717, 1.165) is 0 Å². The topological polar surface area (TPSA) is 75.6 Å². The third-order valence-electron chi connectivity index (χ3n) is 2.35. The number of hydrogen-bond donors (Lipinski definition) is 2. The van der Waals surface area contributed by atoms with Gasteiger partial charge >= 0.3 is 0 Å². The average Bonchev–Trinajstić information content (AvgIpc) is 2.30. The Morgan fingerprint density at radius 3 is 2.65 bits per heavy atom. The van der Waals surface area contributed by atoms with E-state index >= 15 is 0 Å². The lowest BCUT2D eigenvalue weighted by molar-refractivity contribution is 0.0646. The van der Waals surface area contributed by atoms with Crippen LogP contribution < -0.4 is 4.72 Å². The first-order valence-electron chi connectivity index (χ1n) is 5.19. The normalized spacial score (nSPS) is 13.6. The van der Waals surface area contributed by atoms with Crippen molar-refractivity contribution < 1.29 is 18.3 Å². The predicted molar refractivity (Wildman–Crippen MR) is 64.3 cm³/mol. The lowest BCUT2D eigenvalue weighted by Crippen LogP contribution is -2.23. The highest BCUT2D eigenvalue weighted by Crippen LogP contribution is 2.16. The summed E-state index contributed by atoms with van der Waals surface area (Å²) >= 11 is 0. The van der Waals surface area contributed by atoms with Crippen LogP contribution in [0.3, 0.4) is 0 Å². The fourth-order valence-electron chi connectivity index (χ4n) is 1.55. The van der Waals surface area contributed by atoms with Gasteiger partial charge in [0.2, 0.25) is 10.0 Å². The molecule has 0 saturated carbocycles. The third kappa shape index (κ3) is 3.78. The zero-order chi connectivity index (χ0) is 12.9. The first-order chi connectivity index (χ1) is 8.01. The zero-order valence-corrected chi connectivity index (χ0v) is 10.7. The van der Waals surface area contributed by atoms with Gasteiger partial charge in [0.1, 0.15) is 0 Å². The fraction of sp³-hybridized carbons (Fsp3) is 0.455. The lowest BCUT2D eigenvalue weighted by atomic mass is 10.1. The molecule has 1 unspecified atom stereocenters. The lowest BCUT2D eigenvalue weighted by Gasteiger charge is -2.13. The molecular formula is C11H17NO4S. The minimum absolute atomic E-state index is 0.175. The SMILES string of the molecule is CNS(=O)(=O)c1ccccc1CC(O)COC. The van der Waals surface area contributed by atoms with Gasteiger partial charge in [0.25, 0.3) is 0 Å². The number of sulfonamides is 1. The molecule has 1 aromatic carbocycles. The molecule has 0 aliphatic rings. The first-order valence-corrected chi connectivity index (χ1v) is 6.68. The van der Waals surface area contributed by atoms with E-state index in [4.69, 9.17) is 4.74 Å². The standard InChI is InChI=1S/C11H17NO4S/c1-12-17(14,15)11-6-4-3-5-9(11)7-10(13)8-16-2/h3-6,10,12-13H,7-8H2,1-2H3. The van der Waals surface area contributed by atoms with E-state index in [1.54, 1.807) is 18.2 Å². The van der Waals surface area contributed by atoms with Crippen molar-refractivity contribution in [1.82, 2.24) is 4.72 Å². The molecule has 0 radical (unpaired) electrons. The van der Waals surface area contributed by atoms with E-state index in [1.165, 1.54) is 20.2 Å². The Hall–Kier alpha value is -0.950. The smallest absolute Gasteiger partial charge is 0.240 e. The van der Waals surface area contributed by atoms with Crippen LogP contribution in [0.4, 0.5) is 0 Å². The van der Waals surface area contributed by atoms with E-state index in [2.05, 4.69) is 4.72 Å². The Morgan fingerprint density at radius 2 is 2.06 bits per heavy atom. The summed E-state index contributed by atoms with van der Waals surface area (Å²) in [6.07, 6.45) is -0.474. The number of methoxy groups -OCH3 is 1. The van der Waals surface area contributed by atoms with Crippen molar-refractivity contribution in [3.63, 3.8) is 0 Å². The zero-order valence-electron chi connectivity index (χ0n) is 9.88. The van der Waals surface area contributed by atoms with Crippen LogP contribution in [-0.4, -0.2) is 40.4 Å². The molecule has 0 aromatic heterocycles. The first kappa shape index (κ1) is 14.1. The molecule has 6 heteroatoms. The van der Waals surface area contributed by atoms with Crippen LogP contribution in [0.15, 0.2) is 29.2 Å². The molecule has 0 heterocycles. The number of ether oxygens (including phenoxy) is 1. The van der Waals surface area contributed by atoms with Crippen molar-refractivity contribution in [2.45, 2.75) is 17.4 Å². The number of aliphatic hydroxyl groups excluding tert-OH is 1. The van der Waals surface area contributed by atoms with Gasteiger partial charge < -0.3 is 9.84 Å². The van der Waals surface area contributed by atoms with Crippen LogP contribution >= 0.6 is 0 Å². The van der Waals surface area contributed by atoms with Gasteiger partial charge in [0.15, 0.2) is 0 Å². The minimum Gasteiger partial charge on any atom is -0.390 e. The predicted octanol–water partition coefficient (Wildman–Crippen LogP) is 0.144. The summed E-state index contributed by atoms with van der Waals surface area (Å²) in [4.78, 5) is 0.192. The maximum Gasteiger partial charge on any atom is 0.240 e. The molecule has 0 bridgehead atoms. The van der Waals surface area contributed by atoms with Crippen LogP contribution in [-0.2, 0) is 21.2 Å². The molecule has 1 atom stereocenters. The van der Waals surface area contributed by atoms with Gasteiger partial charge in [-0.3, -0.25) is 0 Å². The number of rotatable bonds is 6. The summed E-state index contributed by atoms with van der Waals surface area (Å²) in [6.45, 7) is 0.175. The van der Waals surface area contributed by atoms with Gasteiger partial charge in [-0.15, -0.1) is 0 Å². The second-order valence-corrected chi connectivity index (χ2v) is 5.48. The molecule has 96 valence electrons. The van der Waals surface area contributed by atoms with Gasteiger partial charge in [0, 0.05) is 13.5 Å². The molecule has 0 aliphatic carbocycles. The number of benzene rings is 1. The number of hydrogen-bond acceptors (Lipinski definition) is 4. The van der Waals surface area contributed by atoms with Crippen molar-refractivity contribution in [1.29, 1.82) is 0 Å². The van der Waals surface area contributed by atoms with Crippen molar-refractivity contribution in [3.8, 4) is 0 Å². The van der Waals surface area contributed by atoms with E-state index in [-0.39, 0.29) is 17.9 Å². The van der Waals surface area contributed by atoms with E-state index in [9.17, 15) is 13.5 Å². The summed E-state index contributed by atoms with van der Waals surface area (Å²) in [5.74, 6) is 0. The molecule has 0 aliphatic heterocycles. The van der Waals surface area contributed by atoms with Gasteiger partial charge in [-0.25, -0.2) is 13.1 Å². The van der Waals surface area contributed by atoms with E-state index in [1.807, 2.05) is 0 Å². The second kappa shape index (κ2) is 6.11. The summed E-state index contributed by atoms with van der Waals surface area (Å²) < 4.78 is 30.5. The Balaban J connectivity index is 3.01. The Morgan fingerprint density at radius 1 is 1.41 bits per heavy atom. The van der Waals surface area contributed by atoms with Gasteiger partial charge in [-0.05, 0) is 18.7 Å². The highest BCUT2D eigenvalue weighted by atomic mass is 32.2. The van der Waals surface area contributed by atoms with Gasteiger partial charge in [-0.2, -0.15) is 0 Å². The molecule has 17 heavy (non-hydrogen) atoms. The van der Waals surface area contributed by atoms with Crippen molar-refractivity contribution >= 4 is 10.0 Å².